The molecular formula is C13H16N2O5. The quantitative estimate of drug-likeness (QED) is 0.623. The minimum atomic E-state index is -1.04. The van der Waals surface area contributed by atoms with E-state index in [2.05, 4.69) is 5.32 Å². The molecule has 0 aliphatic carbocycles. The van der Waals surface area contributed by atoms with Crippen LogP contribution in [0.1, 0.15) is 24.2 Å². The number of ether oxygens (including phenoxy) is 2. The molecule has 0 saturated carbocycles. The van der Waals surface area contributed by atoms with Crippen molar-refractivity contribution in [1.29, 1.82) is 0 Å². The van der Waals surface area contributed by atoms with Gasteiger partial charge in [-0.1, -0.05) is 6.07 Å². The van der Waals surface area contributed by atoms with E-state index in [-0.39, 0.29) is 17.0 Å². The maximum atomic E-state index is 11.6. The number of hydrogen-bond donors (Lipinski definition) is 2. The molecule has 7 nitrogen and oxygen atoms in total. The Balaban J connectivity index is 3.01. The number of esters is 1. The van der Waals surface area contributed by atoms with Crippen LogP contribution in [0.5, 0.6) is 5.75 Å². The van der Waals surface area contributed by atoms with Gasteiger partial charge in [0.2, 0.25) is 0 Å². The minimum Gasteiger partial charge on any atom is -0.496 e. The van der Waals surface area contributed by atoms with Gasteiger partial charge in [0, 0.05) is 0 Å². The molecule has 1 aromatic carbocycles. The summed E-state index contributed by atoms with van der Waals surface area (Å²) in [5.74, 6) is -2.62. The molecular weight excluding hydrogens is 264 g/mol. The van der Waals surface area contributed by atoms with E-state index in [1.54, 1.807) is 19.9 Å². The van der Waals surface area contributed by atoms with Gasteiger partial charge in [0.15, 0.2) is 0 Å². The van der Waals surface area contributed by atoms with Gasteiger partial charge < -0.3 is 20.5 Å². The number of rotatable bonds is 4. The highest BCUT2D eigenvalue weighted by Gasteiger charge is 2.21. The fourth-order valence-electron chi connectivity index (χ4n) is 1.50. The number of carbonyl (C=O) groups excluding carboxylic acids is 3. The fraction of sp³-hybridized carbons (Fsp3) is 0.308. The molecule has 1 rings (SSSR count). The lowest BCUT2D eigenvalue weighted by Gasteiger charge is -2.12. The number of nitrogens with one attached hydrogen (secondary N) is 1. The Kier molecular flexibility index (Phi) is 5.08. The van der Waals surface area contributed by atoms with Gasteiger partial charge in [0.25, 0.3) is 5.91 Å². The number of nitrogens with two attached hydrogens (primary N) is 1. The van der Waals surface area contributed by atoms with Gasteiger partial charge in [-0.05, 0) is 26.0 Å². The van der Waals surface area contributed by atoms with Crippen LogP contribution in [0.15, 0.2) is 18.2 Å². The molecule has 0 radical (unpaired) electrons. The average molecular weight is 280 g/mol. The Hall–Kier alpha value is -2.57. The molecule has 3 N–H and O–H groups in total. The van der Waals surface area contributed by atoms with Gasteiger partial charge in [-0.3, -0.25) is 9.59 Å². The van der Waals surface area contributed by atoms with Crippen molar-refractivity contribution in [3.63, 3.8) is 0 Å². The van der Waals surface area contributed by atoms with Crippen LogP contribution in [0.4, 0.5) is 5.69 Å². The van der Waals surface area contributed by atoms with E-state index in [4.69, 9.17) is 15.2 Å². The molecule has 108 valence electrons. The molecule has 0 bridgehead atoms. The van der Waals surface area contributed by atoms with Gasteiger partial charge in [-0.25, -0.2) is 4.79 Å². The number of anilines is 1. The predicted molar refractivity (Wildman–Crippen MR) is 71.4 cm³/mol. The van der Waals surface area contributed by atoms with Crippen LogP contribution >= 0.6 is 0 Å². The number of methoxy groups -OCH3 is 1. The van der Waals surface area contributed by atoms with Gasteiger partial charge >= 0.3 is 11.9 Å². The zero-order chi connectivity index (χ0) is 15.3. The molecule has 7 heteroatoms. The summed E-state index contributed by atoms with van der Waals surface area (Å²) >= 11 is 0. The highest BCUT2D eigenvalue weighted by atomic mass is 16.5. The monoisotopic (exact) mass is 280 g/mol. The largest absolute Gasteiger partial charge is 0.496 e. The molecule has 0 unspecified atom stereocenters. The first kappa shape index (κ1) is 15.5. The molecule has 0 aromatic heterocycles. The maximum Gasteiger partial charge on any atom is 0.397 e. The molecule has 1 aromatic rings. The summed E-state index contributed by atoms with van der Waals surface area (Å²) in [5.41, 5.74) is 5.31. The van der Waals surface area contributed by atoms with E-state index in [0.29, 0.717) is 0 Å². The van der Waals surface area contributed by atoms with Crippen LogP contribution in [0.25, 0.3) is 0 Å². The van der Waals surface area contributed by atoms with Crippen molar-refractivity contribution < 1.29 is 23.9 Å². The first-order chi connectivity index (χ1) is 9.36. The van der Waals surface area contributed by atoms with Crippen LogP contribution in [0.2, 0.25) is 0 Å². The standard InChI is InChI=1S/C13H16N2O5/c1-7(2)20-13(18)12(17)15-8-5-4-6-9(19-3)10(8)11(14)16/h4-7H,1-3H3,(H2,14,16)(H,15,17). The van der Waals surface area contributed by atoms with Crippen LogP contribution in [-0.2, 0) is 14.3 Å². The van der Waals surface area contributed by atoms with Gasteiger partial charge in [0.05, 0.1) is 18.9 Å². The number of carbonyl (C=O) groups is 3. The average Bonchev–Trinajstić information content (AvgIpc) is 2.37. The van der Waals surface area contributed by atoms with Crippen molar-refractivity contribution in [2.75, 3.05) is 12.4 Å². The van der Waals surface area contributed by atoms with Crippen molar-refractivity contribution in [3.8, 4) is 5.75 Å². The summed E-state index contributed by atoms with van der Waals surface area (Å²) in [6.45, 7) is 3.23. The second-order valence-corrected chi connectivity index (χ2v) is 4.16. The van der Waals surface area contributed by atoms with Crippen molar-refractivity contribution in [3.05, 3.63) is 23.8 Å². The third-order valence-electron chi connectivity index (χ3n) is 2.27. The molecule has 2 amide bonds. The normalized spacial score (nSPS) is 10.0. The van der Waals surface area contributed by atoms with Crippen molar-refractivity contribution in [2.45, 2.75) is 20.0 Å². The minimum absolute atomic E-state index is 0.0132. The number of primary amides is 1. The lowest BCUT2D eigenvalue weighted by Crippen LogP contribution is -2.28. The summed E-state index contributed by atoms with van der Waals surface area (Å²) in [7, 11) is 1.36. The number of amides is 2. The fourth-order valence-corrected chi connectivity index (χ4v) is 1.50. The lowest BCUT2D eigenvalue weighted by atomic mass is 10.1. The zero-order valence-electron chi connectivity index (χ0n) is 11.4. The van der Waals surface area contributed by atoms with Crippen molar-refractivity contribution in [2.24, 2.45) is 5.73 Å². The summed E-state index contributed by atoms with van der Waals surface area (Å²) in [6, 6.07) is 4.50. The summed E-state index contributed by atoms with van der Waals surface area (Å²) in [6.07, 6.45) is -0.422. The Morgan fingerprint density at radius 2 is 1.90 bits per heavy atom. The van der Waals surface area contributed by atoms with Gasteiger partial charge in [-0.2, -0.15) is 0 Å². The SMILES string of the molecule is COc1cccc(NC(=O)C(=O)OC(C)C)c1C(N)=O. The summed E-state index contributed by atoms with van der Waals surface area (Å²) in [5, 5.41) is 2.28. The molecule has 0 spiro atoms. The van der Waals surface area contributed by atoms with E-state index in [1.165, 1.54) is 19.2 Å². The third-order valence-corrected chi connectivity index (χ3v) is 2.27. The Labute approximate surface area is 116 Å². The Morgan fingerprint density at radius 1 is 1.25 bits per heavy atom. The molecule has 20 heavy (non-hydrogen) atoms. The second-order valence-electron chi connectivity index (χ2n) is 4.16. The topological polar surface area (TPSA) is 108 Å². The third kappa shape index (κ3) is 3.71. The highest BCUT2D eigenvalue weighted by Crippen LogP contribution is 2.25. The zero-order valence-corrected chi connectivity index (χ0v) is 11.4. The van der Waals surface area contributed by atoms with Gasteiger partial charge in [-0.15, -0.1) is 0 Å². The van der Waals surface area contributed by atoms with E-state index in [1.807, 2.05) is 0 Å². The molecule has 0 saturated heterocycles. The smallest absolute Gasteiger partial charge is 0.397 e. The second kappa shape index (κ2) is 6.55. The van der Waals surface area contributed by atoms with Gasteiger partial charge in [0.1, 0.15) is 11.3 Å². The predicted octanol–water partition coefficient (Wildman–Crippen LogP) is 0.684. The van der Waals surface area contributed by atoms with Crippen LogP contribution in [-0.4, -0.2) is 31.0 Å². The number of hydrogen-bond acceptors (Lipinski definition) is 5. The van der Waals surface area contributed by atoms with E-state index in [9.17, 15) is 14.4 Å². The Bertz CT molecular complexity index is 540. The van der Waals surface area contributed by atoms with Crippen molar-refractivity contribution in [1.82, 2.24) is 0 Å². The Morgan fingerprint density at radius 3 is 2.40 bits per heavy atom. The van der Waals surface area contributed by atoms with Crippen LogP contribution in [0.3, 0.4) is 0 Å². The maximum absolute atomic E-state index is 11.6. The number of benzene rings is 1. The molecule has 0 fully saturated rings. The molecule has 0 aliphatic heterocycles. The van der Waals surface area contributed by atoms with E-state index < -0.39 is 23.9 Å². The first-order valence-corrected chi connectivity index (χ1v) is 5.85. The van der Waals surface area contributed by atoms with Crippen molar-refractivity contribution >= 4 is 23.5 Å². The molecule has 0 aliphatic rings. The summed E-state index contributed by atoms with van der Waals surface area (Å²) in [4.78, 5) is 34.5. The first-order valence-electron chi connectivity index (χ1n) is 5.85. The van der Waals surface area contributed by atoms with E-state index in [0.717, 1.165) is 0 Å². The van der Waals surface area contributed by atoms with E-state index >= 15 is 0 Å². The van der Waals surface area contributed by atoms with Crippen LogP contribution < -0.4 is 15.8 Å². The summed E-state index contributed by atoms with van der Waals surface area (Å²) < 4.78 is 9.73. The highest BCUT2D eigenvalue weighted by molar-refractivity contribution is 6.37. The lowest BCUT2D eigenvalue weighted by molar-refractivity contribution is -0.155. The molecule has 0 atom stereocenters. The molecule has 0 heterocycles. The van der Waals surface area contributed by atoms with Crippen LogP contribution in [0, 0.1) is 0 Å².